The number of alkyl halides is 1. The molecule has 0 bridgehead atoms. The van der Waals surface area contributed by atoms with E-state index in [4.69, 9.17) is 11.6 Å². The standard InChI is InChI=1S/C9H16ClNO3S/c10-4-1-7-15(13,14)11-5-2-9(8-12)3-6-11/h8-9H,1-7H2. The Labute approximate surface area is 95.6 Å². The highest BCUT2D eigenvalue weighted by Gasteiger charge is 2.26. The fourth-order valence-corrected chi connectivity index (χ4v) is 3.48. The third-order valence-corrected chi connectivity index (χ3v) is 4.84. The van der Waals surface area contributed by atoms with Gasteiger partial charge in [-0.15, -0.1) is 11.6 Å². The van der Waals surface area contributed by atoms with Crippen LogP contribution in [0.1, 0.15) is 19.3 Å². The predicted molar refractivity (Wildman–Crippen MR) is 59.5 cm³/mol. The lowest BCUT2D eigenvalue weighted by Gasteiger charge is -2.28. The number of halogens is 1. The van der Waals surface area contributed by atoms with Gasteiger partial charge < -0.3 is 4.79 Å². The third kappa shape index (κ3) is 3.74. The molecule has 15 heavy (non-hydrogen) atoms. The van der Waals surface area contributed by atoms with E-state index < -0.39 is 10.0 Å². The van der Waals surface area contributed by atoms with Gasteiger partial charge in [0.2, 0.25) is 10.0 Å². The summed E-state index contributed by atoms with van der Waals surface area (Å²) < 4.78 is 24.9. The van der Waals surface area contributed by atoms with E-state index in [1.807, 2.05) is 0 Å². The molecule has 1 saturated heterocycles. The summed E-state index contributed by atoms with van der Waals surface area (Å²) in [5.41, 5.74) is 0. The number of nitrogens with zero attached hydrogens (tertiary/aromatic N) is 1. The average molecular weight is 254 g/mol. The van der Waals surface area contributed by atoms with Crippen molar-refractivity contribution < 1.29 is 13.2 Å². The monoisotopic (exact) mass is 253 g/mol. The molecule has 1 heterocycles. The van der Waals surface area contributed by atoms with E-state index in [2.05, 4.69) is 0 Å². The SMILES string of the molecule is O=CC1CCN(S(=O)(=O)CCCCl)CC1. The summed E-state index contributed by atoms with van der Waals surface area (Å²) in [7, 11) is -3.14. The van der Waals surface area contributed by atoms with E-state index in [1.54, 1.807) is 0 Å². The second-order valence-electron chi connectivity index (χ2n) is 3.73. The molecule has 0 saturated carbocycles. The summed E-state index contributed by atoms with van der Waals surface area (Å²) in [5.74, 6) is 0.510. The quantitative estimate of drug-likeness (QED) is 0.539. The zero-order valence-corrected chi connectivity index (χ0v) is 10.1. The topological polar surface area (TPSA) is 54.5 Å². The fourth-order valence-electron chi connectivity index (χ4n) is 1.66. The highest BCUT2D eigenvalue weighted by molar-refractivity contribution is 7.89. The minimum absolute atomic E-state index is 0.0319. The molecule has 0 radical (unpaired) electrons. The summed E-state index contributed by atoms with van der Waals surface area (Å²) in [4.78, 5) is 10.5. The molecule has 0 unspecified atom stereocenters. The highest BCUT2D eigenvalue weighted by atomic mass is 35.5. The van der Waals surface area contributed by atoms with Crippen molar-refractivity contribution in [2.24, 2.45) is 5.92 Å². The molecule has 1 rings (SSSR count). The molecule has 0 aromatic carbocycles. The first-order valence-electron chi connectivity index (χ1n) is 5.09. The summed E-state index contributed by atoms with van der Waals surface area (Å²) in [6, 6.07) is 0. The molecule has 1 aliphatic rings. The second-order valence-corrected chi connectivity index (χ2v) is 6.20. The molecule has 0 atom stereocenters. The van der Waals surface area contributed by atoms with Crippen LogP contribution in [0, 0.1) is 5.92 Å². The zero-order chi connectivity index (χ0) is 11.3. The molecule has 6 heteroatoms. The Balaban J connectivity index is 2.48. The minimum Gasteiger partial charge on any atom is -0.303 e. The van der Waals surface area contributed by atoms with Gasteiger partial charge in [-0.2, -0.15) is 0 Å². The van der Waals surface area contributed by atoms with E-state index in [9.17, 15) is 13.2 Å². The molecular weight excluding hydrogens is 238 g/mol. The lowest BCUT2D eigenvalue weighted by Crippen LogP contribution is -2.40. The van der Waals surface area contributed by atoms with E-state index in [0.29, 0.717) is 38.2 Å². The Bertz CT molecular complexity index is 296. The van der Waals surface area contributed by atoms with Crippen molar-refractivity contribution in [2.45, 2.75) is 19.3 Å². The van der Waals surface area contributed by atoms with Crippen LogP contribution in [0.3, 0.4) is 0 Å². The maximum absolute atomic E-state index is 11.7. The van der Waals surface area contributed by atoms with Crippen LogP contribution >= 0.6 is 11.6 Å². The van der Waals surface area contributed by atoms with E-state index in [1.165, 1.54) is 4.31 Å². The lowest BCUT2D eigenvalue weighted by atomic mass is 10.0. The van der Waals surface area contributed by atoms with Gasteiger partial charge in [-0.3, -0.25) is 0 Å². The first-order chi connectivity index (χ1) is 7.10. The van der Waals surface area contributed by atoms with Gasteiger partial charge in [0.05, 0.1) is 5.75 Å². The average Bonchev–Trinajstić information content (AvgIpc) is 2.26. The summed E-state index contributed by atoms with van der Waals surface area (Å²) >= 11 is 5.46. The Morgan fingerprint density at radius 1 is 1.33 bits per heavy atom. The van der Waals surface area contributed by atoms with E-state index >= 15 is 0 Å². The number of aldehydes is 1. The maximum Gasteiger partial charge on any atom is 0.214 e. The molecule has 0 N–H and O–H groups in total. The smallest absolute Gasteiger partial charge is 0.214 e. The molecule has 0 aromatic rings. The van der Waals surface area contributed by atoms with Crippen molar-refractivity contribution in [2.75, 3.05) is 24.7 Å². The van der Waals surface area contributed by atoms with Gasteiger partial charge >= 0.3 is 0 Å². The van der Waals surface area contributed by atoms with Crippen LogP contribution in [0.2, 0.25) is 0 Å². The van der Waals surface area contributed by atoms with Crippen LogP contribution in [0.5, 0.6) is 0 Å². The number of carbonyl (C=O) groups is 1. The van der Waals surface area contributed by atoms with Crippen LogP contribution in [-0.4, -0.2) is 43.7 Å². The van der Waals surface area contributed by atoms with E-state index in [-0.39, 0.29) is 11.7 Å². The Hall–Kier alpha value is -0.130. The minimum atomic E-state index is -3.14. The second kappa shape index (κ2) is 5.82. The number of sulfonamides is 1. The third-order valence-electron chi connectivity index (χ3n) is 2.62. The largest absolute Gasteiger partial charge is 0.303 e. The molecule has 88 valence electrons. The number of rotatable bonds is 5. The predicted octanol–water partition coefficient (Wildman–Crippen LogP) is 0.856. The van der Waals surface area contributed by atoms with Crippen LogP contribution in [0.25, 0.3) is 0 Å². The molecule has 0 aromatic heterocycles. The van der Waals surface area contributed by atoms with Crippen molar-refractivity contribution in [3.05, 3.63) is 0 Å². The van der Waals surface area contributed by atoms with Crippen LogP contribution in [0.15, 0.2) is 0 Å². The Morgan fingerprint density at radius 3 is 2.40 bits per heavy atom. The zero-order valence-electron chi connectivity index (χ0n) is 8.56. The van der Waals surface area contributed by atoms with Gasteiger partial charge in [-0.05, 0) is 19.3 Å². The summed E-state index contributed by atoms with van der Waals surface area (Å²) in [5, 5.41) is 0. The van der Waals surface area contributed by atoms with Crippen molar-refractivity contribution in [3.63, 3.8) is 0 Å². The van der Waals surface area contributed by atoms with Crippen LogP contribution in [-0.2, 0) is 14.8 Å². The van der Waals surface area contributed by atoms with Gasteiger partial charge in [0, 0.05) is 24.9 Å². The summed E-state index contributed by atoms with van der Waals surface area (Å²) in [6.07, 6.45) is 2.69. The molecular formula is C9H16ClNO3S. The molecule has 0 amide bonds. The van der Waals surface area contributed by atoms with Crippen molar-refractivity contribution >= 4 is 27.9 Å². The number of piperidine rings is 1. The van der Waals surface area contributed by atoms with Crippen LogP contribution in [0.4, 0.5) is 0 Å². The first kappa shape index (κ1) is 12.9. The Kier molecular flexibility index (Phi) is 5.02. The first-order valence-corrected chi connectivity index (χ1v) is 7.23. The molecule has 1 fully saturated rings. The number of hydrogen-bond donors (Lipinski definition) is 0. The number of carbonyl (C=O) groups excluding carboxylic acids is 1. The highest BCUT2D eigenvalue weighted by Crippen LogP contribution is 2.18. The molecule has 1 aliphatic heterocycles. The molecule has 0 spiro atoms. The van der Waals surface area contributed by atoms with Gasteiger partial charge in [-0.1, -0.05) is 0 Å². The van der Waals surface area contributed by atoms with Crippen LogP contribution < -0.4 is 0 Å². The van der Waals surface area contributed by atoms with Crippen molar-refractivity contribution in [1.82, 2.24) is 4.31 Å². The van der Waals surface area contributed by atoms with Crippen molar-refractivity contribution in [1.29, 1.82) is 0 Å². The Morgan fingerprint density at radius 2 is 1.93 bits per heavy atom. The van der Waals surface area contributed by atoms with Gasteiger partial charge in [0.15, 0.2) is 0 Å². The lowest BCUT2D eigenvalue weighted by molar-refractivity contribution is -0.112. The fraction of sp³-hybridized carbons (Fsp3) is 0.889. The van der Waals surface area contributed by atoms with Gasteiger partial charge in [-0.25, -0.2) is 12.7 Å². The normalized spacial score (nSPS) is 20.3. The summed E-state index contributed by atoms with van der Waals surface area (Å²) in [6.45, 7) is 0.933. The number of hydrogen-bond acceptors (Lipinski definition) is 3. The maximum atomic E-state index is 11.7. The van der Waals surface area contributed by atoms with E-state index in [0.717, 1.165) is 6.29 Å². The van der Waals surface area contributed by atoms with Gasteiger partial charge in [0.1, 0.15) is 6.29 Å². The molecule has 0 aliphatic carbocycles. The molecule has 4 nitrogen and oxygen atoms in total. The van der Waals surface area contributed by atoms with Crippen molar-refractivity contribution in [3.8, 4) is 0 Å². The van der Waals surface area contributed by atoms with Gasteiger partial charge in [0.25, 0.3) is 0 Å².